The Morgan fingerprint density at radius 3 is 2.40 bits per heavy atom. The second-order valence-electron chi connectivity index (χ2n) is 4.12. The molecule has 15 heavy (non-hydrogen) atoms. The first-order valence-corrected chi connectivity index (χ1v) is 5.98. The summed E-state index contributed by atoms with van der Waals surface area (Å²) in [5, 5.41) is 0. The summed E-state index contributed by atoms with van der Waals surface area (Å²) >= 11 is 3.44. The molecule has 0 amide bonds. The summed E-state index contributed by atoms with van der Waals surface area (Å²) < 4.78 is 6.93. The zero-order valence-corrected chi connectivity index (χ0v) is 10.7. The van der Waals surface area contributed by atoms with Crippen molar-refractivity contribution in [2.75, 3.05) is 6.61 Å². The van der Waals surface area contributed by atoms with Gasteiger partial charge in [-0.25, -0.2) is 0 Å². The van der Waals surface area contributed by atoms with E-state index in [2.05, 4.69) is 54.0 Å². The summed E-state index contributed by atoms with van der Waals surface area (Å²) in [6.07, 6.45) is 1.26. The van der Waals surface area contributed by atoms with Crippen molar-refractivity contribution in [2.45, 2.75) is 26.4 Å². The second kappa shape index (κ2) is 4.50. The average Bonchev–Trinajstić information content (AvgIpc) is 2.23. The molecule has 1 aromatic carbocycles. The molecule has 2 rings (SSSR count). The van der Waals surface area contributed by atoms with Crippen LogP contribution in [0.2, 0.25) is 0 Å². The van der Waals surface area contributed by atoms with Gasteiger partial charge in [0.05, 0.1) is 12.7 Å². The van der Waals surface area contributed by atoms with Gasteiger partial charge >= 0.3 is 0 Å². The van der Waals surface area contributed by atoms with E-state index >= 15 is 0 Å². The highest BCUT2D eigenvalue weighted by Crippen LogP contribution is 2.31. The fraction of sp³-hybridized carbons (Fsp3) is 0.385. The van der Waals surface area contributed by atoms with E-state index in [0.717, 1.165) is 17.5 Å². The molecule has 80 valence electrons. The van der Waals surface area contributed by atoms with Crippen LogP contribution in [-0.4, -0.2) is 6.61 Å². The maximum absolute atomic E-state index is 5.81. The fourth-order valence-corrected chi connectivity index (χ4v) is 2.02. The van der Waals surface area contributed by atoms with Crippen LogP contribution in [0.3, 0.4) is 0 Å². The van der Waals surface area contributed by atoms with E-state index in [1.807, 2.05) is 0 Å². The maximum atomic E-state index is 5.81. The van der Waals surface area contributed by atoms with Gasteiger partial charge < -0.3 is 4.74 Å². The number of benzene rings is 1. The summed E-state index contributed by atoms with van der Waals surface area (Å²) in [5.41, 5.74) is 4.11. The molecule has 2 heteroatoms. The van der Waals surface area contributed by atoms with E-state index in [9.17, 15) is 0 Å². The van der Waals surface area contributed by atoms with Gasteiger partial charge in [-0.3, -0.25) is 0 Å². The molecule has 0 radical (unpaired) electrons. The molecule has 0 aromatic heterocycles. The third kappa shape index (κ3) is 2.50. The first-order chi connectivity index (χ1) is 7.16. The van der Waals surface area contributed by atoms with Crippen LogP contribution in [0, 0.1) is 0 Å². The molecule has 0 aliphatic carbocycles. The highest BCUT2D eigenvalue weighted by Gasteiger charge is 2.18. The van der Waals surface area contributed by atoms with Crippen molar-refractivity contribution in [3.63, 3.8) is 0 Å². The standard InChI is InChI=1S/C13H15BrO/c1-9-7-13(15-8-10(9)2)11-3-5-12(14)6-4-11/h3-6,13H,7-8H2,1-2H3/t13-/m1/s1. The minimum atomic E-state index is 0.238. The third-order valence-electron chi connectivity index (χ3n) is 2.96. The topological polar surface area (TPSA) is 9.23 Å². The lowest BCUT2D eigenvalue weighted by molar-refractivity contribution is 0.0578. The highest BCUT2D eigenvalue weighted by molar-refractivity contribution is 9.10. The molecule has 0 saturated carbocycles. The zero-order chi connectivity index (χ0) is 10.8. The number of hydrogen-bond donors (Lipinski definition) is 0. The number of rotatable bonds is 1. The first kappa shape index (κ1) is 10.9. The van der Waals surface area contributed by atoms with Crippen LogP contribution in [-0.2, 0) is 4.74 Å². The molecule has 1 aliphatic heterocycles. The summed E-state index contributed by atoms with van der Waals surface area (Å²) in [7, 11) is 0. The summed E-state index contributed by atoms with van der Waals surface area (Å²) in [4.78, 5) is 0. The van der Waals surface area contributed by atoms with Gasteiger partial charge in [-0.2, -0.15) is 0 Å². The largest absolute Gasteiger partial charge is 0.369 e. The normalized spacial score (nSPS) is 21.9. The smallest absolute Gasteiger partial charge is 0.0866 e. The van der Waals surface area contributed by atoms with Gasteiger partial charge in [0.2, 0.25) is 0 Å². The Bertz CT molecular complexity index is 378. The van der Waals surface area contributed by atoms with Crippen molar-refractivity contribution in [2.24, 2.45) is 0 Å². The molecule has 0 unspecified atom stereocenters. The third-order valence-corrected chi connectivity index (χ3v) is 3.49. The van der Waals surface area contributed by atoms with Crippen molar-refractivity contribution in [3.8, 4) is 0 Å². The molecule has 0 fully saturated rings. The molecule has 0 bridgehead atoms. The van der Waals surface area contributed by atoms with Crippen LogP contribution in [0.4, 0.5) is 0 Å². The number of halogens is 1. The Balaban J connectivity index is 2.17. The summed E-state index contributed by atoms with van der Waals surface area (Å²) in [5.74, 6) is 0. The lowest BCUT2D eigenvalue weighted by Gasteiger charge is -2.25. The van der Waals surface area contributed by atoms with Gasteiger partial charge in [-0.05, 0) is 43.5 Å². The Kier molecular flexibility index (Phi) is 3.27. The number of ether oxygens (including phenoxy) is 1. The molecule has 1 nitrogen and oxygen atoms in total. The maximum Gasteiger partial charge on any atom is 0.0866 e. The molecular formula is C13H15BrO. The van der Waals surface area contributed by atoms with Crippen molar-refractivity contribution in [1.29, 1.82) is 0 Å². The van der Waals surface area contributed by atoms with Crippen LogP contribution in [0.1, 0.15) is 31.9 Å². The second-order valence-corrected chi connectivity index (χ2v) is 5.03. The zero-order valence-electron chi connectivity index (χ0n) is 9.09. The van der Waals surface area contributed by atoms with Gasteiger partial charge in [0.15, 0.2) is 0 Å². The minimum Gasteiger partial charge on any atom is -0.369 e. The molecule has 0 N–H and O–H groups in total. The first-order valence-electron chi connectivity index (χ1n) is 5.19. The lowest BCUT2D eigenvalue weighted by Crippen LogP contribution is -2.13. The summed E-state index contributed by atoms with van der Waals surface area (Å²) in [6.45, 7) is 5.11. The van der Waals surface area contributed by atoms with Gasteiger partial charge in [0.1, 0.15) is 0 Å². The molecule has 0 saturated heterocycles. The van der Waals surface area contributed by atoms with E-state index in [1.54, 1.807) is 0 Å². The van der Waals surface area contributed by atoms with E-state index in [0.29, 0.717) is 0 Å². The van der Waals surface area contributed by atoms with Gasteiger partial charge in [0.25, 0.3) is 0 Å². The molecule has 1 atom stereocenters. The van der Waals surface area contributed by atoms with Crippen LogP contribution in [0.5, 0.6) is 0 Å². The molecule has 1 aliphatic rings. The molecule has 1 heterocycles. The SMILES string of the molecule is CC1=C(C)C[C@H](c2ccc(Br)cc2)OC1. The van der Waals surface area contributed by atoms with Crippen LogP contribution < -0.4 is 0 Å². The fourth-order valence-electron chi connectivity index (χ4n) is 1.75. The Labute approximate surface area is 99.3 Å². The van der Waals surface area contributed by atoms with Crippen molar-refractivity contribution in [3.05, 3.63) is 45.4 Å². The predicted molar refractivity (Wildman–Crippen MR) is 65.8 cm³/mol. The van der Waals surface area contributed by atoms with E-state index in [1.165, 1.54) is 16.7 Å². The quantitative estimate of drug-likeness (QED) is 0.691. The van der Waals surface area contributed by atoms with E-state index in [4.69, 9.17) is 4.74 Å². The van der Waals surface area contributed by atoms with E-state index in [-0.39, 0.29) is 6.10 Å². The lowest BCUT2D eigenvalue weighted by atomic mass is 9.97. The molecular weight excluding hydrogens is 252 g/mol. The Morgan fingerprint density at radius 1 is 1.13 bits per heavy atom. The van der Waals surface area contributed by atoms with Crippen molar-refractivity contribution >= 4 is 15.9 Å². The highest BCUT2D eigenvalue weighted by atomic mass is 79.9. The minimum absolute atomic E-state index is 0.238. The molecule has 1 aromatic rings. The van der Waals surface area contributed by atoms with Crippen LogP contribution >= 0.6 is 15.9 Å². The number of hydrogen-bond acceptors (Lipinski definition) is 1. The van der Waals surface area contributed by atoms with E-state index < -0.39 is 0 Å². The Morgan fingerprint density at radius 2 is 1.80 bits per heavy atom. The monoisotopic (exact) mass is 266 g/mol. The van der Waals surface area contributed by atoms with Gasteiger partial charge in [0, 0.05) is 4.47 Å². The van der Waals surface area contributed by atoms with Crippen LogP contribution in [0.15, 0.2) is 39.9 Å². The van der Waals surface area contributed by atoms with Gasteiger partial charge in [-0.1, -0.05) is 33.6 Å². The average molecular weight is 267 g/mol. The van der Waals surface area contributed by atoms with Crippen molar-refractivity contribution in [1.82, 2.24) is 0 Å². The Hall–Kier alpha value is -0.600. The van der Waals surface area contributed by atoms with Crippen LogP contribution in [0.25, 0.3) is 0 Å². The molecule has 0 spiro atoms. The van der Waals surface area contributed by atoms with Gasteiger partial charge in [-0.15, -0.1) is 0 Å². The predicted octanol–water partition coefficient (Wildman–Crippen LogP) is 4.25. The summed E-state index contributed by atoms with van der Waals surface area (Å²) in [6, 6.07) is 8.39. The van der Waals surface area contributed by atoms with Crippen molar-refractivity contribution < 1.29 is 4.74 Å².